The molecule has 0 spiro atoms. The number of amides is 1. The number of nitro benzene ring substituents is 1. The summed E-state index contributed by atoms with van der Waals surface area (Å²) in [4.78, 5) is 23.0. The monoisotopic (exact) mass is 407 g/mol. The van der Waals surface area contributed by atoms with Gasteiger partial charge in [0.1, 0.15) is 5.82 Å². The molecule has 1 aromatic heterocycles. The molecule has 11 heteroatoms. The van der Waals surface area contributed by atoms with Gasteiger partial charge in [0.2, 0.25) is 15.9 Å². The molecule has 0 bridgehead atoms. The summed E-state index contributed by atoms with van der Waals surface area (Å²) in [5.41, 5.74) is 1.19. The van der Waals surface area contributed by atoms with E-state index < -0.39 is 20.9 Å². The highest BCUT2D eigenvalue weighted by Crippen LogP contribution is 2.23. The van der Waals surface area contributed by atoms with Crippen LogP contribution in [0.15, 0.2) is 30.3 Å². The zero-order chi connectivity index (χ0) is 20.5. The molecule has 2 aromatic rings. The van der Waals surface area contributed by atoms with Crippen LogP contribution in [0.3, 0.4) is 0 Å². The fourth-order valence-corrected chi connectivity index (χ4v) is 4.10. The molecule has 1 aliphatic rings. The highest BCUT2D eigenvalue weighted by molar-refractivity contribution is 7.88. The average Bonchev–Trinajstić information content (AvgIpc) is 3.01. The third kappa shape index (κ3) is 4.37. The van der Waals surface area contributed by atoms with Crippen LogP contribution in [0.2, 0.25) is 0 Å². The molecule has 1 aliphatic heterocycles. The van der Waals surface area contributed by atoms with Gasteiger partial charge in [-0.3, -0.25) is 14.9 Å². The lowest BCUT2D eigenvalue weighted by molar-refractivity contribution is -0.384. The SMILES string of the molecule is Cc1cc(NC(=O)C2CCCN(S(C)(=O)=O)C2)n(-c2ccc([N+](=O)[O-])cc2)n1. The summed E-state index contributed by atoms with van der Waals surface area (Å²) in [6.45, 7) is 2.33. The van der Waals surface area contributed by atoms with Gasteiger partial charge in [0.25, 0.3) is 5.69 Å². The summed E-state index contributed by atoms with van der Waals surface area (Å²) >= 11 is 0. The summed E-state index contributed by atoms with van der Waals surface area (Å²) in [6.07, 6.45) is 2.36. The van der Waals surface area contributed by atoms with E-state index in [2.05, 4.69) is 10.4 Å². The van der Waals surface area contributed by atoms with Gasteiger partial charge in [-0.25, -0.2) is 17.4 Å². The van der Waals surface area contributed by atoms with Gasteiger partial charge in [0, 0.05) is 31.3 Å². The number of nitrogens with one attached hydrogen (secondary N) is 1. The van der Waals surface area contributed by atoms with Crippen molar-refractivity contribution in [3.05, 3.63) is 46.1 Å². The van der Waals surface area contributed by atoms with E-state index in [-0.39, 0.29) is 18.1 Å². The van der Waals surface area contributed by atoms with Crippen LogP contribution in [0.5, 0.6) is 0 Å². The van der Waals surface area contributed by atoms with E-state index in [1.165, 1.54) is 21.1 Å². The normalized spacial score (nSPS) is 18.0. The lowest BCUT2D eigenvalue weighted by atomic mass is 9.99. The van der Waals surface area contributed by atoms with Gasteiger partial charge in [-0.15, -0.1) is 0 Å². The smallest absolute Gasteiger partial charge is 0.269 e. The van der Waals surface area contributed by atoms with Crippen LogP contribution in [-0.4, -0.2) is 52.7 Å². The fourth-order valence-electron chi connectivity index (χ4n) is 3.19. The number of non-ortho nitro benzene ring substituents is 1. The molecule has 1 unspecified atom stereocenters. The molecule has 150 valence electrons. The maximum atomic E-state index is 12.7. The van der Waals surface area contributed by atoms with Gasteiger partial charge in [0.15, 0.2) is 0 Å². The first kappa shape index (κ1) is 20.0. The Morgan fingerprint density at radius 3 is 2.61 bits per heavy atom. The van der Waals surface area contributed by atoms with Crippen molar-refractivity contribution in [1.29, 1.82) is 0 Å². The molecule has 1 amide bonds. The fraction of sp³-hybridized carbons (Fsp3) is 0.412. The minimum Gasteiger partial charge on any atom is -0.310 e. The Labute approximate surface area is 162 Å². The predicted molar refractivity (Wildman–Crippen MR) is 103 cm³/mol. The lowest BCUT2D eigenvalue weighted by Gasteiger charge is -2.30. The third-order valence-corrected chi connectivity index (χ3v) is 5.88. The molecule has 0 saturated carbocycles. The number of aryl methyl sites for hydroxylation is 1. The second-order valence-electron chi connectivity index (χ2n) is 6.81. The Kier molecular flexibility index (Phi) is 5.47. The summed E-state index contributed by atoms with van der Waals surface area (Å²) in [6, 6.07) is 7.51. The number of anilines is 1. The first-order chi connectivity index (χ1) is 13.1. The summed E-state index contributed by atoms with van der Waals surface area (Å²) in [5, 5.41) is 18.0. The number of piperidine rings is 1. The number of aromatic nitrogens is 2. The van der Waals surface area contributed by atoms with Gasteiger partial charge in [-0.2, -0.15) is 5.10 Å². The maximum absolute atomic E-state index is 12.7. The maximum Gasteiger partial charge on any atom is 0.269 e. The number of hydrogen-bond donors (Lipinski definition) is 1. The van der Waals surface area contributed by atoms with E-state index in [1.54, 1.807) is 25.1 Å². The number of carbonyl (C=O) groups is 1. The molecule has 1 saturated heterocycles. The number of nitrogens with zero attached hydrogens (tertiary/aromatic N) is 4. The van der Waals surface area contributed by atoms with Crippen LogP contribution in [0.1, 0.15) is 18.5 Å². The second-order valence-corrected chi connectivity index (χ2v) is 8.79. The van der Waals surface area contributed by atoms with Gasteiger partial charge in [-0.05, 0) is 31.9 Å². The van der Waals surface area contributed by atoms with E-state index in [4.69, 9.17) is 0 Å². The van der Waals surface area contributed by atoms with E-state index in [0.717, 1.165) is 6.26 Å². The minimum absolute atomic E-state index is 0.0405. The van der Waals surface area contributed by atoms with Crippen LogP contribution in [0.4, 0.5) is 11.5 Å². The molecule has 0 radical (unpaired) electrons. The Balaban J connectivity index is 1.79. The highest BCUT2D eigenvalue weighted by Gasteiger charge is 2.30. The largest absolute Gasteiger partial charge is 0.310 e. The number of hydrogen-bond acceptors (Lipinski definition) is 6. The number of carbonyl (C=O) groups excluding carboxylic acids is 1. The lowest BCUT2D eigenvalue weighted by Crippen LogP contribution is -2.43. The van der Waals surface area contributed by atoms with Crippen molar-refractivity contribution in [3.63, 3.8) is 0 Å². The van der Waals surface area contributed by atoms with Crippen LogP contribution < -0.4 is 5.32 Å². The van der Waals surface area contributed by atoms with E-state index in [9.17, 15) is 23.3 Å². The van der Waals surface area contributed by atoms with E-state index in [0.29, 0.717) is 36.6 Å². The summed E-state index contributed by atoms with van der Waals surface area (Å²) in [5.74, 6) is -0.312. The van der Waals surface area contributed by atoms with Crippen LogP contribution in [-0.2, 0) is 14.8 Å². The molecule has 2 heterocycles. The van der Waals surface area contributed by atoms with Crippen molar-refractivity contribution in [3.8, 4) is 5.69 Å². The van der Waals surface area contributed by atoms with Gasteiger partial charge in [-0.1, -0.05) is 0 Å². The van der Waals surface area contributed by atoms with Gasteiger partial charge >= 0.3 is 0 Å². The Bertz CT molecular complexity index is 999. The quantitative estimate of drug-likeness (QED) is 0.593. The van der Waals surface area contributed by atoms with Crippen molar-refractivity contribution in [2.24, 2.45) is 5.92 Å². The van der Waals surface area contributed by atoms with Crippen molar-refractivity contribution < 1.29 is 18.1 Å². The first-order valence-corrected chi connectivity index (χ1v) is 10.6. The Morgan fingerprint density at radius 1 is 1.32 bits per heavy atom. The van der Waals surface area contributed by atoms with Crippen molar-refractivity contribution >= 4 is 27.4 Å². The molecule has 1 fully saturated rings. The molecular weight excluding hydrogens is 386 g/mol. The van der Waals surface area contributed by atoms with Crippen LogP contribution in [0, 0.1) is 23.0 Å². The van der Waals surface area contributed by atoms with Crippen molar-refractivity contribution in [1.82, 2.24) is 14.1 Å². The third-order valence-electron chi connectivity index (χ3n) is 4.61. The van der Waals surface area contributed by atoms with E-state index in [1.807, 2.05) is 0 Å². The average molecular weight is 407 g/mol. The van der Waals surface area contributed by atoms with Gasteiger partial charge < -0.3 is 5.32 Å². The molecule has 0 aliphatic carbocycles. The molecule has 3 rings (SSSR count). The molecule has 28 heavy (non-hydrogen) atoms. The second kappa shape index (κ2) is 7.68. The van der Waals surface area contributed by atoms with Crippen molar-refractivity contribution in [2.45, 2.75) is 19.8 Å². The molecule has 1 aromatic carbocycles. The number of sulfonamides is 1. The van der Waals surface area contributed by atoms with Gasteiger partial charge in [0.05, 0.1) is 28.5 Å². The highest BCUT2D eigenvalue weighted by atomic mass is 32.2. The van der Waals surface area contributed by atoms with Crippen molar-refractivity contribution in [2.75, 3.05) is 24.7 Å². The minimum atomic E-state index is -3.34. The first-order valence-electron chi connectivity index (χ1n) is 8.72. The summed E-state index contributed by atoms with van der Waals surface area (Å²) in [7, 11) is -3.34. The zero-order valence-electron chi connectivity index (χ0n) is 15.5. The number of benzene rings is 1. The molecule has 10 nitrogen and oxygen atoms in total. The van der Waals surface area contributed by atoms with Crippen LogP contribution in [0.25, 0.3) is 5.69 Å². The predicted octanol–water partition coefficient (Wildman–Crippen LogP) is 1.70. The standard InChI is InChI=1S/C17H21N5O5S/c1-12-10-16(21(19-12)14-5-7-15(8-6-14)22(24)25)18-17(23)13-4-3-9-20(11-13)28(2,26)27/h5-8,10,13H,3-4,9,11H2,1-2H3,(H,18,23). The Morgan fingerprint density at radius 2 is 2.00 bits per heavy atom. The van der Waals surface area contributed by atoms with E-state index >= 15 is 0 Å². The Hall–Kier alpha value is -2.79. The molecule has 1 atom stereocenters. The van der Waals surface area contributed by atoms with Crippen LogP contribution >= 0.6 is 0 Å². The number of nitro groups is 1. The number of rotatable bonds is 5. The molecule has 1 N–H and O–H groups in total. The summed E-state index contributed by atoms with van der Waals surface area (Å²) < 4.78 is 26.3. The molecular formula is C17H21N5O5S. The topological polar surface area (TPSA) is 127 Å². The zero-order valence-corrected chi connectivity index (χ0v) is 16.3.